The number of sulfonamides is 1. The smallest absolute Gasteiger partial charge is 0.248 e. The summed E-state index contributed by atoms with van der Waals surface area (Å²) in [6, 6.07) is 12.4. The standard InChI is InChI=1S/C25H34N2O6S/c1-17-6-8-20(9-7-17)21-10-11-24-22(12-21)33-23(14-26(4)25(29)16-32-5)18(2)13-27(19(3)15-28)34(24,30)31/h6-12,18-19,23,28H,13-16H2,1-5H3/t18-,19-,23-/m0/s1. The Morgan fingerprint density at radius 3 is 2.50 bits per heavy atom. The molecule has 0 radical (unpaired) electrons. The Bertz CT molecular complexity index is 1100. The second-order valence-electron chi connectivity index (χ2n) is 8.97. The summed E-state index contributed by atoms with van der Waals surface area (Å²) in [5.74, 6) is -0.211. The molecule has 0 bridgehead atoms. The molecular formula is C25H34N2O6S. The summed E-state index contributed by atoms with van der Waals surface area (Å²) in [5.41, 5.74) is 2.89. The van der Waals surface area contributed by atoms with Crippen LogP contribution in [0.15, 0.2) is 47.4 Å². The van der Waals surface area contributed by atoms with E-state index < -0.39 is 22.2 Å². The lowest BCUT2D eigenvalue weighted by molar-refractivity contribution is -0.135. The molecule has 2 aromatic rings. The predicted molar refractivity (Wildman–Crippen MR) is 130 cm³/mol. The maximum Gasteiger partial charge on any atom is 0.248 e. The molecule has 3 rings (SSSR count). The third-order valence-electron chi connectivity index (χ3n) is 6.20. The van der Waals surface area contributed by atoms with Gasteiger partial charge < -0.3 is 19.5 Å². The van der Waals surface area contributed by atoms with Gasteiger partial charge in [-0.25, -0.2) is 8.42 Å². The number of aryl methyl sites for hydroxylation is 1. The van der Waals surface area contributed by atoms with E-state index in [4.69, 9.17) is 9.47 Å². The summed E-state index contributed by atoms with van der Waals surface area (Å²) < 4.78 is 39.8. The van der Waals surface area contributed by atoms with E-state index in [0.29, 0.717) is 0 Å². The first-order valence-corrected chi connectivity index (χ1v) is 12.8. The summed E-state index contributed by atoms with van der Waals surface area (Å²) in [5, 5.41) is 9.77. The molecule has 1 amide bonds. The number of carbonyl (C=O) groups excluding carboxylic acids is 1. The number of rotatable bonds is 7. The molecule has 1 aliphatic heterocycles. The number of ether oxygens (including phenoxy) is 2. The fourth-order valence-corrected chi connectivity index (χ4v) is 5.80. The number of methoxy groups -OCH3 is 1. The fourth-order valence-electron chi connectivity index (χ4n) is 3.97. The number of aliphatic hydroxyl groups excluding tert-OH is 1. The zero-order valence-corrected chi connectivity index (χ0v) is 21.2. The third kappa shape index (κ3) is 5.60. The Kier molecular flexibility index (Phi) is 8.35. The predicted octanol–water partition coefficient (Wildman–Crippen LogP) is 2.54. The average molecular weight is 491 g/mol. The van der Waals surface area contributed by atoms with Crippen LogP contribution >= 0.6 is 0 Å². The van der Waals surface area contributed by atoms with Crippen molar-refractivity contribution in [1.82, 2.24) is 9.21 Å². The first-order chi connectivity index (χ1) is 16.1. The van der Waals surface area contributed by atoms with Gasteiger partial charge in [-0.15, -0.1) is 0 Å². The molecular weight excluding hydrogens is 456 g/mol. The average Bonchev–Trinajstić information content (AvgIpc) is 2.81. The van der Waals surface area contributed by atoms with Crippen molar-refractivity contribution in [2.45, 2.75) is 37.8 Å². The molecule has 3 atom stereocenters. The van der Waals surface area contributed by atoms with Crippen LogP contribution in [-0.2, 0) is 19.6 Å². The van der Waals surface area contributed by atoms with Gasteiger partial charge in [0.05, 0.1) is 13.2 Å². The van der Waals surface area contributed by atoms with Crippen molar-refractivity contribution < 1.29 is 27.8 Å². The van der Waals surface area contributed by atoms with E-state index in [1.54, 1.807) is 32.2 Å². The molecule has 0 aliphatic carbocycles. The van der Waals surface area contributed by atoms with Crippen molar-refractivity contribution in [2.75, 3.05) is 40.5 Å². The molecule has 9 heteroatoms. The van der Waals surface area contributed by atoms with Gasteiger partial charge in [0.1, 0.15) is 23.4 Å². The number of hydrogen-bond acceptors (Lipinski definition) is 6. The zero-order chi connectivity index (χ0) is 25.0. The van der Waals surface area contributed by atoms with E-state index in [1.165, 1.54) is 16.3 Å². The Morgan fingerprint density at radius 1 is 1.24 bits per heavy atom. The van der Waals surface area contributed by atoms with Crippen LogP contribution in [0.2, 0.25) is 0 Å². The van der Waals surface area contributed by atoms with E-state index in [-0.39, 0.29) is 48.8 Å². The van der Waals surface area contributed by atoms with Gasteiger partial charge in [0.15, 0.2) is 0 Å². The molecule has 34 heavy (non-hydrogen) atoms. The molecule has 8 nitrogen and oxygen atoms in total. The normalized spacial score (nSPS) is 21.0. The lowest BCUT2D eigenvalue weighted by Crippen LogP contribution is -2.50. The molecule has 0 aromatic heterocycles. The molecule has 1 N–H and O–H groups in total. The number of hydrogen-bond donors (Lipinski definition) is 1. The van der Waals surface area contributed by atoms with Gasteiger partial charge >= 0.3 is 0 Å². The SMILES string of the molecule is COCC(=O)N(C)C[C@@H]1Oc2cc(-c3ccc(C)cc3)ccc2S(=O)(=O)N([C@@H](C)CO)C[C@@H]1C. The van der Waals surface area contributed by atoms with Crippen LogP contribution in [0.3, 0.4) is 0 Å². The van der Waals surface area contributed by atoms with Crippen molar-refractivity contribution in [3.8, 4) is 16.9 Å². The Hall–Kier alpha value is -2.46. The Balaban J connectivity index is 2.08. The highest BCUT2D eigenvalue weighted by Gasteiger charge is 2.38. The van der Waals surface area contributed by atoms with Crippen molar-refractivity contribution in [3.63, 3.8) is 0 Å². The molecule has 0 saturated heterocycles. The first-order valence-electron chi connectivity index (χ1n) is 11.3. The molecule has 0 spiro atoms. The van der Waals surface area contributed by atoms with Crippen LogP contribution < -0.4 is 4.74 Å². The van der Waals surface area contributed by atoms with Gasteiger partial charge in [0.25, 0.3) is 0 Å². The number of aliphatic hydroxyl groups is 1. The highest BCUT2D eigenvalue weighted by molar-refractivity contribution is 7.89. The summed E-state index contributed by atoms with van der Waals surface area (Å²) >= 11 is 0. The van der Waals surface area contributed by atoms with Crippen LogP contribution in [0.25, 0.3) is 11.1 Å². The molecule has 186 valence electrons. The van der Waals surface area contributed by atoms with Crippen molar-refractivity contribution in [2.24, 2.45) is 5.92 Å². The third-order valence-corrected chi connectivity index (χ3v) is 8.22. The number of amides is 1. The number of carbonyl (C=O) groups is 1. The monoisotopic (exact) mass is 490 g/mol. The molecule has 0 fully saturated rings. The molecule has 1 heterocycles. The van der Waals surface area contributed by atoms with Crippen LogP contribution in [0.4, 0.5) is 0 Å². The van der Waals surface area contributed by atoms with E-state index in [1.807, 2.05) is 38.1 Å². The highest BCUT2D eigenvalue weighted by atomic mass is 32.2. The molecule has 2 aromatic carbocycles. The number of benzene rings is 2. The van der Waals surface area contributed by atoms with E-state index in [9.17, 15) is 18.3 Å². The summed E-state index contributed by atoms with van der Waals surface area (Å²) in [7, 11) is -0.789. The van der Waals surface area contributed by atoms with Gasteiger partial charge in [-0.3, -0.25) is 4.79 Å². The topological polar surface area (TPSA) is 96.4 Å². The minimum atomic E-state index is -3.92. The van der Waals surface area contributed by atoms with Crippen LogP contribution in [0, 0.1) is 12.8 Å². The van der Waals surface area contributed by atoms with Crippen LogP contribution in [0.1, 0.15) is 19.4 Å². The van der Waals surface area contributed by atoms with Crippen molar-refractivity contribution in [3.05, 3.63) is 48.0 Å². The maximum atomic E-state index is 13.6. The fraction of sp³-hybridized carbons (Fsp3) is 0.480. The molecule has 1 aliphatic rings. The second kappa shape index (κ2) is 10.9. The highest BCUT2D eigenvalue weighted by Crippen LogP contribution is 2.36. The summed E-state index contributed by atoms with van der Waals surface area (Å²) in [6.07, 6.45) is -0.471. The van der Waals surface area contributed by atoms with Gasteiger partial charge in [-0.1, -0.05) is 42.8 Å². The lowest BCUT2D eigenvalue weighted by atomic mass is 10.0. The Labute approximate surface area is 202 Å². The maximum absolute atomic E-state index is 13.6. The second-order valence-corrected chi connectivity index (χ2v) is 10.8. The first kappa shape index (κ1) is 26.2. The van der Waals surface area contributed by atoms with Crippen LogP contribution in [0.5, 0.6) is 5.75 Å². The minimum Gasteiger partial charge on any atom is -0.487 e. The Morgan fingerprint density at radius 2 is 1.88 bits per heavy atom. The number of likely N-dealkylation sites (N-methyl/N-ethyl adjacent to an activating group) is 1. The van der Waals surface area contributed by atoms with Gasteiger partial charge in [0.2, 0.25) is 15.9 Å². The molecule has 0 saturated carbocycles. The summed E-state index contributed by atoms with van der Waals surface area (Å²) in [6.45, 7) is 5.63. The number of nitrogens with zero attached hydrogens (tertiary/aromatic N) is 2. The molecule has 0 unspecified atom stereocenters. The number of fused-ring (bicyclic) bond motifs is 1. The van der Waals surface area contributed by atoms with Crippen molar-refractivity contribution >= 4 is 15.9 Å². The van der Waals surface area contributed by atoms with E-state index >= 15 is 0 Å². The van der Waals surface area contributed by atoms with Gasteiger partial charge in [0, 0.05) is 32.7 Å². The summed E-state index contributed by atoms with van der Waals surface area (Å²) in [4.78, 5) is 13.9. The van der Waals surface area contributed by atoms with Gasteiger partial charge in [-0.05, 0) is 37.1 Å². The quantitative estimate of drug-likeness (QED) is 0.641. The minimum absolute atomic E-state index is 0.0476. The van der Waals surface area contributed by atoms with Gasteiger partial charge in [-0.2, -0.15) is 4.31 Å². The van der Waals surface area contributed by atoms with Crippen LogP contribution in [-0.4, -0.2) is 81.2 Å². The zero-order valence-electron chi connectivity index (χ0n) is 20.4. The lowest BCUT2D eigenvalue weighted by Gasteiger charge is -2.37. The van der Waals surface area contributed by atoms with Crippen molar-refractivity contribution in [1.29, 1.82) is 0 Å². The largest absolute Gasteiger partial charge is 0.487 e. The van der Waals surface area contributed by atoms with E-state index in [0.717, 1.165) is 16.7 Å². The van der Waals surface area contributed by atoms with E-state index in [2.05, 4.69) is 0 Å².